The van der Waals surface area contributed by atoms with Crippen molar-refractivity contribution in [2.45, 2.75) is 354 Å². The second-order valence-electron chi connectivity index (χ2n) is 22.0. The van der Waals surface area contributed by atoms with Crippen LogP contribution in [0.15, 0.2) is 48.6 Å². The lowest BCUT2D eigenvalue weighted by Crippen LogP contribution is -2.30. The molecule has 0 heterocycles. The van der Waals surface area contributed by atoms with Gasteiger partial charge in [-0.05, 0) is 77.0 Å². The molecule has 0 aromatic heterocycles. The Bertz CT molecular complexity index is 1280. The number of hydrogen-bond acceptors (Lipinski definition) is 6. The summed E-state index contributed by atoms with van der Waals surface area (Å²) in [6, 6.07) is 0. The normalized spacial score (nSPS) is 12.3. The number of carbonyl (C=O) groups excluding carboxylic acids is 3. The van der Waals surface area contributed by atoms with Gasteiger partial charge in [0.2, 0.25) is 0 Å². The molecule has 6 nitrogen and oxygen atoms in total. The maximum atomic E-state index is 12.8. The first-order valence-corrected chi connectivity index (χ1v) is 32.6. The van der Waals surface area contributed by atoms with Crippen LogP contribution in [0.1, 0.15) is 348 Å². The average molecular weight is 1040 g/mol. The summed E-state index contributed by atoms with van der Waals surface area (Å²) < 4.78 is 16.8. The summed E-state index contributed by atoms with van der Waals surface area (Å²) in [4.78, 5) is 38.0. The van der Waals surface area contributed by atoms with E-state index in [9.17, 15) is 14.4 Å². The molecule has 0 fully saturated rings. The van der Waals surface area contributed by atoms with Crippen molar-refractivity contribution in [3.63, 3.8) is 0 Å². The molecule has 0 rings (SSSR count). The standard InChI is InChI=1S/C68H124O6/c1-4-7-10-13-16-19-21-23-25-26-27-28-29-30-31-32-33-34-35-36-37-38-39-40-41-42-44-45-47-49-52-55-58-61-67(70)73-64-65(63-72-66(69)60-57-54-51-18-15-12-9-6-3)74-68(71)62-59-56-53-50-48-46-43-24-22-20-17-14-11-8-5-2/h8,11,17,20,24,26-27,43,65H,4-7,9-10,12-16,18-19,21-23,25,28-42,44-64H2,1-3H3/b11-8-,20-17-,27-26-,43-24-. The molecule has 0 aliphatic heterocycles. The van der Waals surface area contributed by atoms with E-state index in [1.165, 1.54) is 212 Å². The van der Waals surface area contributed by atoms with Crippen molar-refractivity contribution in [3.05, 3.63) is 48.6 Å². The molecule has 0 aliphatic carbocycles. The summed E-state index contributed by atoms with van der Waals surface area (Å²) >= 11 is 0. The number of esters is 3. The fraction of sp³-hybridized carbons (Fsp3) is 0.838. The van der Waals surface area contributed by atoms with Crippen LogP contribution >= 0.6 is 0 Å². The number of ether oxygens (including phenoxy) is 3. The Kier molecular flexibility index (Phi) is 60.7. The third-order valence-corrected chi connectivity index (χ3v) is 14.6. The summed E-state index contributed by atoms with van der Waals surface area (Å²) in [7, 11) is 0. The second-order valence-corrected chi connectivity index (χ2v) is 22.0. The summed E-state index contributed by atoms with van der Waals surface area (Å²) in [6.07, 6.45) is 78.8. The monoisotopic (exact) mass is 1040 g/mol. The Hall–Kier alpha value is -2.63. The maximum absolute atomic E-state index is 12.8. The van der Waals surface area contributed by atoms with Crippen LogP contribution in [-0.2, 0) is 28.6 Å². The van der Waals surface area contributed by atoms with Crippen molar-refractivity contribution < 1.29 is 28.6 Å². The highest BCUT2D eigenvalue weighted by atomic mass is 16.6. The lowest BCUT2D eigenvalue weighted by molar-refractivity contribution is -0.167. The highest BCUT2D eigenvalue weighted by Crippen LogP contribution is 2.18. The van der Waals surface area contributed by atoms with Crippen LogP contribution in [0.5, 0.6) is 0 Å². The molecule has 1 unspecified atom stereocenters. The Morgan fingerprint density at radius 2 is 0.527 bits per heavy atom. The van der Waals surface area contributed by atoms with Gasteiger partial charge in [-0.15, -0.1) is 0 Å². The minimum atomic E-state index is -0.778. The first-order valence-electron chi connectivity index (χ1n) is 32.6. The molecule has 0 amide bonds. The second kappa shape index (κ2) is 62.9. The predicted octanol–water partition coefficient (Wildman–Crippen LogP) is 22.2. The fourth-order valence-corrected chi connectivity index (χ4v) is 9.69. The van der Waals surface area contributed by atoms with Crippen molar-refractivity contribution in [2.75, 3.05) is 13.2 Å². The summed E-state index contributed by atoms with van der Waals surface area (Å²) in [6.45, 7) is 6.52. The Morgan fingerprint density at radius 3 is 0.838 bits per heavy atom. The number of unbranched alkanes of at least 4 members (excludes halogenated alkanes) is 41. The van der Waals surface area contributed by atoms with Crippen molar-refractivity contribution in [1.29, 1.82) is 0 Å². The van der Waals surface area contributed by atoms with E-state index in [0.29, 0.717) is 19.3 Å². The molecule has 74 heavy (non-hydrogen) atoms. The Morgan fingerprint density at radius 1 is 0.284 bits per heavy atom. The van der Waals surface area contributed by atoms with E-state index >= 15 is 0 Å². The quantitative estimate of drug-likeness (QED) is 0.0261. The molecule has 6 heteroatoms. The van der Waals surface area contributed by atoms with Crippen molar-refractivity contribution in [2.24, 2.45) is 0 Å². The van der Waals surface area contributed by atoms with E-state index in [1.54, 1.807) is 0 Å². The van der Waals surface area contributed by atoms with Crippen molar-refractivity contribution >= 4 is 17.9 Å². The molecule has 1 atom stereocenters. The molecule has 0 N–H and O–H groups in total. The van der Waals surface area contributed by atoms with Gasteiger partial charge in [0.25, 0.3) is 0 Å². The summed E-state index contributed by atoms with van der Waals surface area (Å²) in [5, 5.41) is 0. The zero-order valence-electron chi connectivity index (χ0n) is 49.6. The van der Waals surface area contributed by atoms with Crippen LogP contribution in [0.3, 0.4) is 0 Å². The zero-order chi connectivity index (χ0) is 53.6. The molecular formula is C68H124O6. The van der Waals surface area contributed by atoms with Gasteiger partial charge in [0.15, 0.2) is 6.10 Å². The first kappa shape index (κ1) is 71.4. The van der Waals surface area contributed by atoms with Crippen LogP contribution < -0.4 is 0 Å². The van der Waals surface area contributed by atoms with Gasteiger partial charge in [-0.25, -0.2) is 0 Å². The van der Waals surface area contributed by atoms with Gasteiger partial charge in [-0.3, -0.25) is 14.4 Å². The summed E-state index contributed by atoms with van der Waals surface area (Å²) in [5.41, 5.74) is 0. The summed E-state index contributed by atoms with van der Waals surface area (Å²) in [5.74, 6) is -0.881. The van der Waals surface area contributed by atoms with Crippen LogP contribution in [0, 0.1) is 0 Å². The van der Waals surface area contributed by atoms with Gasteiger partial charge < -0.3 is 14.2 Å². The lowest BCUT2D eigenvalue weighted by atomic mass is 10.0. The van der Waals surface area contributed by atoms with Crippen LogP contribution in [-0.4, -0.2) is 37.2 Å². The third kappa shape index (κ3) is 60.2. The Balaban J connectivity index is 3.98. The molecule has 0 aliphatic rings. The van der Waals surface area contributed by atoms with E-state index in [1.807, 2.05) is 0 Å². The van der Waals surface area contributed by atoms with E-state index in [4.69, 9.17) is 14.2 Å². The van der Waals surface area contributed by atoms with Gasteiger partial charge in [-0.2, -0.15) is 0 Å². The SMILES string of the molecule is CC/C=C\C/C=C\C/C=C\CCCCCCCC(=O)OC(COC(=O)CCCCCCCCCC)COC(=O)CCCCCCCCCCCCCCCCCCCCCCC/C=C\CCCCCCCCCC. The molecule has 0 radical (unpaired) electrons. The third-order valence-electron chi connectivity index (χ3n) is 14.6. The predicted molar refractivity (Wildman–Crippen MR) is 321 cm³/mol. The van der Waals surface area contributed by atoms with Crippen molar-refractivity contribution in [1.82, 2.24) is 0 Å². The van der Waals surface area contributed by atoms with Crippen molar-refractivity contribution in [3.8, 4) is 0 Å². The highest BCUT2D eigenvalue weighted by Gasteiger charge is 2.19. The molecular weight excluding hydrogens is 913 g/mol. The first-order chi connectivity index (χ1) is 36.5. The van der Waals surface area contributed by atoms with Gasteiger partial charge >= 0.3 is 17.9 Å². The molecule has 0 bridgehead atoms. The average Bonchev–Trinajstić information content (AvgIpc) is 3.40. The molecule has 0 saturated heterocycles. The van der Waals surface area contributed by atoms with E-state index in [-0.39, 0.29) is 31.1 Å². The van der Waals surface area contributed by atoms with Gasteiger partial charge in [-0.1, -0.05) is 301 Å². The lowest BCUT2D eigenvalue weighted by Gasteiger charge is -2.18. The number of hydrogen-bond donors (Lipinski definition) is 0. The minimum Gasteiger partial charge on any atom is -0.462 e. The number of allylic oxidation sites excluding steroid dienone is 8. The maximum Gasteiger partial charge on any atom is 0.306 e. The highest BCUT2D eigenvalue weighted by molar-refractivity contribution is 5.71. The Labute approximate surface area is 460 Å². The van der Waals surface area contributed by atoms with E-state index in [0.717, 1.165) is 96.3 Å². The van der Waals surface area contributed by atoms with E-state index in [2.05, 4.69) is 69.4 Å². The molecule has 0 aromatic carbocycles. The molecule has 432 valence electrons. The van der Waals surface area contributed by atoms with Gasteiger partial charge in [0.05, 0.1) is 0 Å². The number of rotatable bonds is 60. The minimum absolute atomic E-state index is 0.0762. The molecule has 0 spiro atoms. The van der Waals surface area contributed by atoms with Gasteiger partial charge in [0, 0.05) is 19.3 Å². The molecule has 0 saturated carbocycles. The topological polar surface area (TPSA) is 78.9 Å². The zero-order valence-corrected chi connectivity index (χ0v) is 49.6. The van der Waals surface area contributed by atoms with Crippen LogP contribution in [0.25, 0.3) is 0 Å². The fourth-order valence-electron chi connectivity index (χ4n) is 9.69. The van der Waals surface area contributed by atoms with E-state index < -0.39 is 6.10 Å². The molecule has 0 aromatic rings. The van der Waals surface area contributed by atoms with Crippen LogP contribution in [0.2, 0.25) is 0 Å². The van der Waals surface area contributed by atoms with Crippen LogP contribution in [0.4, 0.5) is 0 Å². The number of carbonyl (C=O) groups is 3. The van der Waals surface area contributed by atoms with Gasteiger partial charge in [0.1, 0.15) is 13.2 Å². The largest absolute Gasteiger partial charge is 0.462 e. The smallest absolute Gasteiger partial charge is 0.306 e.